The molecule has 0 radical (unpaired) electrons. The van der Waals surface area contributed by atoms with E-state index in [0.717, 1.165) is 5.69 Å². The number of nitrogens with one attached hydrogen (secondary N) is 2. The third kappa shape index (κ3) is 4.08. The highest BCUT2D eigenvalue weighted by Crippen LogP contribution is 2.26. The van der Waals surface area contributed by atoms with Crippen molar-refractivity contribution in [2.45, 2.75) is 33.1 Å². The van der Waals surface area contributed by atoms with Gasteiger partial charge in [-0.3, -0.25) is 14.9 Å². The average Bonchev–Trinajstić information content (AvgIpc) is 2.96. The fourth-order valence-electron chi connectivity index (χ4n) is 1.42. The van der Waals surface area contributed by atoms with Crippen LogP contribution in [0.1, 0.15) is 43.9 Å². The van der Waals surface area contributed by atoms with Gasteiger partial charge in [0.25, 0.3) is 5.91 Å². The number of hydrogen-bond acceptors (Lipinski definition) is 6. The summed E-state index contributed by atoms with van der Waals surface area (Å²) in [5.74, 6) is -0.552. The molecule has 2 rings (SSSR count). The number of nitrogens with zero attached hydrogens (tertiary/aromatic N) is 2. The van der Waals surface area contributed by atoms with E-state index in [0.29, 0.717) is 10.3 Å². The van der Waals surface area contributed by atoms with Gasteiger partial charge in [-0.1, -0.05) is 20.8 Å². The Hall–Kier alpha value is -1.80. The van der Waals surface area contributed by atoms with Crippen LogP contribution in [-0.2, 0) is 10.2 Å². The van der Waals surface area contributed by atoms with Gasteiger partial charge in [0.2, 0.25) is 5.91 Å². The minimum Gasteiger partial charge on any atom is -0.302 e. The van der Waals surface area contributed by atoms with Gasteiger partial charge in [-0.2, -0.15) is 0 Å². The van der Waals surface area contributed by atoms with Crippen LogP contribution < -0.4 is 10.6 Å². The van der Waals surface area contributed by atoms with Crippen LogP contribution in [0.25, 0.3) is 0 Å². The zero-order valence-electron chi connectivity index (χ0n) is 12.2. The van der Waals surface area contributed by atoms with Crippen LogP contribution in [0, 0.1) is 0 Å². The standard InChI is InChI=1S/C13H16N4O2S2/c1-7(18)14-11-15-8(5-20-11)10(19)17-12-16-9(6-21-12)13(2,3)4/h5-6H,1-4H3,(H,14,15,18)(H,16,17,19). The molecule has 0 bridgehead atoms. The summed E-state index contributed by atoms with van der Waals surface area (Å²) >= 11 is 2.59. The van der Waals surface area contributed by atoms with E-state index >= 15 is 0 Å². The third-order valence-electron chi connectivity index (χ3n) is 2.51. The number of carbonyl (C=O) groups excluding carboxylic acids is 2. The maximum absolute atomic E-state index is 12.1. The van der Waals surface area contributed by atoms with E-state index in [4.69, 9.17) is 0 Å². The molecule has 2 aromatic heterocycles. The van der Waals surface area contributed by atoms with Crippen molar-refractivity contribution in [2.24, 2.45) is 0 Å². The molecule has 0 fully saturated rings. The first-order chi connectivity index (χ1) is 9.75. The van der Waals surface area contributed by atoms with Crippen LogP contribution in [0.15, 0.2) is 10.8 Å². The molecule has 0 aliphatic rings. The second-order valence-electron chi connectivity index (χ2n) is 5.46. The lowest BCUT2D eigenvalue weighted by molar-refractivity contribution is -0.114. The zero-order chi connectivity index (χ0) is 15.6. The van der Waals surface area contributed by atoms with Crippen LogP contribution in [0.4, 0.5) is 10.3 Å². The first-order valence-corrected chi connectivity index (χ1v) is 8.02. The number of thiazole rings is 2. The molecule has 0 atom stereocenters. The molecule has 21 heavy (non-hydrogen) atoms. The number of amides is 2. The number of hydrogen-bond donors (Lipinski definition) is 2. The molecule has 6 nitrogen and oxygen atoms in total. The Bertz CT molecular complexity index is 670. The first-order valence-electron chi connectivity index (χ1n) is 6.26. The van der Waals surface area contributed by atoms with Gasteiger partial charge in [0.1, 0.15) is 5.69 Å². The summed E-state index contributed by atoms with van der Waals surface area (Å²) in [6.07, 6.45) is 0. The van der Waals surface area contributed by atoms with Crippen LogP contribution in [-0.4, -0.2) is 21.8 Å². The molecular weight excluding hydrogens is 308 g/mol. The lowest BCUT2D eigenvalue weighted by atomic mass is 9.93. The molecule has 112 valence electrons. The van der Waals surface area contributed by atoms with Gasteiger partial charge in [0.15, 0.2) is 10.3 Å². The van der Waals surface area contributed by atoms with Crippen molar-refractivity contribution in [3.63, 3.8) is 0 Å². The van der Waals surface area contributed by atoms with E-state index < -0.39 is 0 Å². The predicted octanol–water partition coefficient (Wildman–Crippen LogP) is 3.11. The summed E-state index contributed by atoms with van der Waals surface area (Å²) in [4.78, 5) is 31.4. The normalized spacial score (nSPS) is 11.2. The highest BCUT2D eigenvalue weighted by Gasteiger charge is 2.19. The Morgan fingerprint density at radius 1 is 1.05 bits per heavy atom. The fraction of sp³-hybridized carbons (Fsp3) is 0.385. The first kappa shape index (κ1) is 15.6. The predicted molar refractivity (Wildman–Crippen MR) is 85.2 cm³/mol. The number of carbonyl (C=O) groups is 2. The molecule has 2 N–H and O–H groups in total. The van der Waals surface area contributed by atoms with Crippen molar-refractivity contribution in [3.8, 4) is 0 Å². The van der Waals surface area contributed by atoms with Crippen molar-refractivity contribution < 1.29 is 9.59 Å². The molecule has 2 heterocycles. The summed E-state index contributed by atoms with van der Waals surface area (Å²) in [7, 11) is 0. The molecule has 2 aromatic rings. The van der Waals surface area contributed by atoms with Gasteiger partial charge in [0.05, 0.1) is 5.69 Å². The number of rotatable bonds is 3. The largest absolute Gasteiger partial charge is 0.302 e. The molecule has 0 saturated carbocycles. The Balaban J connectivity index is 2.06. The van der Waals surface area contributed by atoms with E-state index in [2.05, 4.69) is 41.4 Å². The molecule has 0 spiro atoms. The van der Waals surface area contributed by atoms with Crippen molar-refractivity contribution in [3.05, 3.63) is 22.1 Å². The summed E-state index contributed by atoms with van der Waals surface area (Å²) in [6.45, 7) is 7.58. The van der Waals surface area contributed by atoms with E-state index in [-0.39, 0.29) is 22.9 Å². The van der Waals surface area contributed by atoms with E-state index in [9.17, 15) is 9.59 Å². The van der Waals surface area contributed by atoms with E-state index in [1.807, 2.05) is 5.38 Å². The van der Waals surface area contributed by atoms with Gasteiger partial charge >= 0.3 is 0 Å². The quantitative estimate of drug-likeness (QED) is 0.908. The Kier molecular flexibility index (Phi) is 4.38. The number of anilines is 2. The van der Waals surface area contributed by atoms with Gasteiger partial charge in [-0.25, -0.2) is 9.97 Å². The molecule has 2 amide bonds. The molecule has 0 unspecified atom stereocenters. The maximum Gasteiger partial charge on any atom is 0.276 e. The van der Waals surface area contributed by atoms with Gasteiger partial charge in [0, 0.05) is 23.1 Å². The Morgan fingerprint density at radius 2 is 1.67 bits per heavy atom. The molecule has 0 saturated heterocycles. The lowest BCUT2D eigenvalue weighted by Crippen LogP contribution is -2.14. The Labute approximate surface area is 130 Å². The fourth-order valence-corrected chi connectivity index (χ4v) is 3.09. The van der Waals surface area contributed by atoms with Crippen molar-refractivity contribution in [1.29, 1.82) is 0 Å². The summed E-state index contributed by atoms with van der Waals surface area (Å²) < 4.78 is 0. The van der Waals surface area contributed by atoms with Gasteiger partial charge in [-0.05, 0) is 0 Å². The highest BCUT2D eigenvalue weighted by atomic mass is 32.1. The van der Waals surface area contributed by atoms with Crippen LogP contribution in [0.2, 0.25) is 0 Å². The topological polar surface area (TPSA) is 84.0 Å². The molecule has 8 heteroatoms. The minimum absolute atomic E-state index is 0.0569. The van der Waals surface area contributed by atoms with Gasteiger partial charge in [-0.15, -0.1) is 22.7 Å². The minimum atomic E-state index is -0.335. The SMILES string of the molecule is CC(=O)Nc1nc(C(=O)Nc2nc(C(C)(C)C)cs2)cs1. The smallest absolute Gasteiger partial charge is 0.276 e. The summed E-state index contributed by atoms with van der Waals surface area (Å²) in [5, 5.41) is 9.73. The Morgan fingerprint density at radius 3 is 2.24 bits per heavy atom. The molecule has 0 aliphatic carbocycles. The highest BCUT2D eigenvalue weighted by molar-refractivity contribution is 7.14. The summed E-state index contributed by atoms with van der Waals surface area (Å²) in [6, 6.07) is 0. The van der Waals surface area contributed by atoms with E-state index in [1.165, 1.54) is 29.6 Å². The van der Waals surface area contributed by atoms with E-state index in [1.54, 1.807) is 5.38 Å². The third-order valence-corrected chi connectivity index (χ3v) is 4.03. The lowest BCUT2D eigenvalue weighted by Gasteiger charge is -2.14. The van der Waals surface area contributed by atoms with Crippen LogP contribution >= 0.6 is 22.7 Å². The second-order valence-corrected chi connectivity index (χ2v) is 7.18. The average molecular weight is 324 g/mol. The molecule has 0 aromatic carbocycles. The molecular formula is C13H16N4O2S2. The maximum atomic E-state index is 12.1. The number of aromatic nitrogens is 2. The second kappa shape index (κ2) is 5.90. The molecule has 0 aliphatic heterocycles. The van der Waals surface area contributed by atoms with Crippen molar-refractivity contribution in [2.75, 3.05) is 10.6 Å². The van der Waals surface area contributed by atoms with Crippen LogP contribution in [0.3, 0.4) is 0 Å². The van der Waals surface area contributed by atoms with Crippen molar-refractivity contribution >= 4 is 44.8 Å². The van der Waals surface area contributed by atoms with Crippen molar-refractivity contribution in [1.82, 2.24) is 9.97 Å². The van der Waals surface area contributed by atoms with Gasteiger partial charge < -0.3 is 5.32 Å². The monoisotopic (exact) mass is 324 g/mol. The summed E-state index contributed by atoms with van der Waals surface area (Å²) in [5.41, 5.74) is 1.13. The van der Waals surface area contributed by atoms with Crippen LogP contribution in [0.5, 0.6) is 0 Å². The zero-order valence-corrected chi connectivity index (χ0v) is 13.8.